The number of ether oxygens (including phenoxy) is 1. The number of likely N-dealkylation sites (N-methyl/N-ethyl adjacent to an activating group) is 1. The van der Waals surface area contributed by atoms with E-state index in [0.29, 0.717) is 19.6 Å². The van der Waals surface area contributed by atoms with Gasteiger partial charge >= 0.3 is 0 Å². The second-order valence-electron chi connectivity index (χ2n) is 4.32. The van der Waals surface area contributed by atoms with E-state index >= 15 is 0 Å². The van der Waals surface area contributed by atoms with Gasteiger partial charge < -0.3 is 15.0 Å². The molecule has 2 atom stereocenters. The van der Waals surface area contributed by atoms with Gasteiger partial charge in [-0.1, -0.05) is 0 Å². The summed E-state index contributed by atoms with van der Waals surface area (Å²) in [4.78, 5) is 13.8. The molecule has 2 heterocycles. The van der Waals surface area contributed by atoms with Crippen LogP contribution in [0, 0.1) is 0 Å². The largest absolute Gasteiger partial charge is 0.367 e. The highest BCUT2D eigenvalue weighted by molar-refractivity contribution is 7.07. The molecular weight excluding hydrogens is 236 g/mol. The number of hydrogen-bond donors (Lipinski definition) is 1. The molecule has 1 aliphatic rings. The SMILES string of the molecule is CNCC(=O)N1C[C@@H](c2ccsc2)O[C@@H](C)C1. The molecular formula is C12H18N2O2S. The van der Waals surface area contributed by atoms with E-state index in [4.69, 9.17) is 4.74 Å². The fourth-order valence-electron chi connectivity index (χ4n) is 2.06. The summed E-state index contributed by atoms with van der Waals surface area (Å²) < 4.78 is 5.88. The molecule has 1 saturated heterocycles. The smallest absolute Gasteiger partial charge is 0.236 e. The fraction of sp³-hybridized carbons (Fsp3) is 0.583. The Labute approximate surface area is 106 Å². The van der Waals surface area contributed by atoms with Crippen LogP contribution < -0.4 is 5.32 Å². The Hall–Kier alpha value is -0.910. The number of carbonyl (C=O) groups is 1. The zero-order chi connectivity index (χ0) is 12.3. The summed E-state index contributed by atoms with van der Waals surface area (Å²) in [5, 5.41) is 7.03. The van der Waals surface area contributed by atoms with Crippen LogP contribution in [0.3, 0.4) is 0 Å². The predicted octanol–water partition coefficient (Wildman–Crippen LogP) is 1.26. The van der Waals surface area contributed by atoms with Crippen molar-refractivity contribution >= 4 is 17.2 Å². The van der Waals surface area contributed by atoms with Gasteiger partial charge in [0, 0.05) is 6.54 Å². The molecule has 0 aliphatic carbocycles. The van der Waals surface area contributed by atoms with Crippen molar-refractivity contribution in [3.05, 3.63) is 22.4 Å². The van der Waals surface area contributed by atoms with Crippen LogP contribution >= 0.6 is 11.3 Å². The van der Waals surface area contributed by atoms with Crippen LogP contribution in [0.5, 0.6) is 0 Å². The maximum atomic E-state index is 11.9. The molecule has 0 spiro atoms. The summed E-state index contributed by atoms with van der Waals surface area (Å²) in [7, 11) is 1.79. The zero-order valence-corrected chi connectivity index (χ0v) is 11.0. The van der Waals surface area contributed by atoms with Gasteiger partial charge in [0.2, 0.25) is 5.91 Å². The minimum atomic E-state index is 0.0193. The third kappa shape index (κ3) is 3.06. The molecule has 1 N–H and O–H groups in total. The first-order valence-corrected chi connectivity index (χ1v) is 6.75. The number of nitrogens with one attached hydrogen (secondary N) is 1. The van der Waals surface area contributed by atoms with Crippen molar-refractivity contribution < 1.29 is 9.53 Å². The fourth-order valence-corrected chi connectivity index (χ4v) is 2.76. The normalized spacial score (nSPS) is 24.9. The maximum Gasteiger partial charge on any atom is 0.236 e. The second-order valence-corrected chi connectivity index (χ2v) is 5.10. The van der Waals surface area contributed by atoms with E-state index in [2.05, 4.69) is 16.8 Å². The summed E-state index contributed by atoms with van der Waals surface area (Å²) in [5.41, 5.74) is 1.17. The third-order valence-corrected chi connectivity index (χ3v) is 3.56. The molecule has 5 heteroatoms. The molecule has 17 heavy (non-hydrogen) atoms. The Morgan fingerprint density at radius 1 is 1.65 bits per heavy atom. The second kappa shape index (κ2) is 5.62. The van der Waals surface area contributed by atoms with E-state index in [9.17, 15) is 4.79 Å². The predicted molar refractivity (Wildman–Crippen MR) is 68.1 cm³/mol. The first-order valence-electron chi connectivity index (χ1n) is 5.80. The minimum Gasteiger partial charge on any atom is -0.367 e. The molecule has 0 bridgehead atoms. The maximum absolute atomic E-state index is 11.9. The van der Waals surface area contributed by atoms with Crippen molar-refractivity contribution in [2.75, 3.05) is 26.7 Å². The molecule has 1 amide bonds. The Bertz CT molecular complexity index is 367. The van der Waals surface area contributed by atoms with E-state index in [1.54, 1.807) is 18.4 Å². The molecule has 1 aliphatic heterocycles. The Balaban J connectivity index is 2.04. The lowest BCUT2D eigenvalue weighted by atomic mass is 10.1. The highest BCUT2D eigenvalue weighted by atomic mass is 32.1. The molecule has 0 aromatic carbocycles. The number of carbonyl (C=O) groups excluding carboxylic acids is 1. The van der Waals surface area contributed by atoms with Crippen LogP contribution in [0.2, 0.25) is 0 Å². The topological polar surface area (TPSA) is 41.6 Å². The average Bonchev–Trinajstić information content (AvgIpc) is 2.82. The number of hydrogen-bond acceptors (Lipinski definition) is 4. The van der Waals surface area contributed by atoms with Crippen LogP contribution in [0.1, 0.15) is 18.6 Å². The van der Waals surface area contributed by atoms with Gasteiger partial charge in [0.05, 0.1) is 19.2 Å². The molecule has 2 rings (SSSR count). The van der Waals surface area contributed by atoms with Crippen molar-refractivity contribution in [1.82, 2.24) is 10.2 Å². The molecule has 4 nitrogen and oxygen atoms in total. The summed E-state index contributed by atoms with van der Waals surface area (Å²) in [6.45, 7) is 3.74. The van der Waals surface area contributed by atoms with Gasteiger partial charge in [0.15, 0.2) is 0 Å². The minimum absolute atomic E-state index is 0.0193. The molecule has 1 fully saturated rings. The van der Waals surface area contributed by atoms with Crippen molar-refractivity contribution in [2.24, 2.45) is 0 Å². The Morgan fingerprint density at radius 2 is 2.47 bits per heavy atom. The van der Waals surface area contributed by atoms with Crippen LogP contribution in [-0.4, -0.2) is 43.6 Å². The highest BCUT2D eigenvalue weighted by Crippen LogP contribution is 2.26. The van der Waals surface area contributed by atoms with E-state index in [-0.39, 0.29) is 18.1 Å². The van der Waals surface area contributed by atoms with E-state index in [0.717, 1.165) is 0 Å². The lowest BCUT2D eigenvalue weighted by Gasteiger charge is -2.36. The Morgan fingerprint density at radius 3 is 3.12 bits per heavy atom. The van der Waals surface area contributed by atoms with Crippen LogP contribution in [-0.2, 0) is 9.53 Å². The summed E-state index contributed by atoms with van der Waals surface area (Å²) in [6, 6.07) is 2.06. The molecule has 1 aromatic rings. The van der Waals surface area contributed by atoms with Crippen LogP contribution in [0.4, 0.5) is 0 Å². The number of rotatable bonds is 3. The highest BCUT2D eigenvalue weighted by Gasteiger charge is 2.28. The van der Waals surface area contributed by atoms with E-state index in [1.807, 2.05) is 17.2 Å². The zero-order valence-electron chi connectivity index (χ0n) is 10.2. The molecule has 1 aromatic heterocycles. The van der Waals surface area contributed by atoms with Crippen molar-refractivity contribution in [2.45, 2.75) is 19.1 Å². The standard InChI is InChI=1S/C12H18N2O2S/c1-9-6-14(12(15)5-13-2)7-11(16-9)10-3-4-17-8-10/h3-4,8-9,11,13H,5-7H2,1-2H3/t9-,11-/m0/s1. The number of nitrogens with zero attached hydrogens (tertiary/aromatic N) is 1. The van der Waals surface area contributed by atoms with Gasteiger partial charge in [-0.15, -0.1) is 0 Å². The first kappa shape index (κ1) is 12.5. The van der Waals surface area contributed by atoms with Crippen LogP contribution in [0.15, 0.2) is 16.8 Å². The monoisotopic (exact) mass is 254 g/mol. The third-order valence-electron chi connectivity index (χ3n) is 2.86. The molecule has 0 unspecified atom stereocenters. The average molecular weight is 254 g/mol. The Kier molecular flexibility index (Phi) is 4.15. The van der Waals surface area contributed by atoms with Gasteiger partial charge in [0.25, 0.3) is 0 Å². The quantitative estimate of drug-likeness (QED) is 0.883. The molecule has 0 saturated carbocycles. The number of morpholine rings is 1. The van der Waals surface area contributed by atoms with Crippen LogP contribution in [0.25, 0.3) is 0 Å². The van der Waals surface area contributed by atoms with E-state index < -0.39 is 0 Å². The van der Waals surface area contributed by atoms with Crippen molar-refractivity contribution in [1.29, 1.82) is 0 Å². The van der Waals surface area contributed by atoms with Gasteiger partial charge in [-0.25, -0.2) is 0 Å². The van der Waals surface area contributed by atoms with Gasteiger partial charge in [0.1, 0.15) is 6.10 Å². The summed E-state index contributed by atoms with van der Waals surface area (Å²) >= 11 is 1.66. The molecule has 94 valence electrons. The van der Waals surface area contributed by atoms with Gasteiger partial charge in [-0.05, 0) is 36.4 Å². The van der Waals surface area contributed by atoms with Gasteiger partial charge in [-0.3, -0.25) is 4.79 Å². The van der Waals surface area contributed by atoms with Gasteiger partial charge in [-0.2, -0.15) is 11.3 Å². The lowest BCUT2D eigenvalue weighted by Crippen LogP contribution is -2.48. The lowest BCUT2D eigenvalue weighted by molar-refractivity contribution is -0.143. The number of amides is 1. The van der Waals surface area contributed by atoms with E-state index in [1.165, 1.54) is 5.56 Å². The summed E-state index contributed by atoms with van der Waals surface area (Å²) in [6.07, 6.45) is 0.111. The summed E-state index contributed by atoms with van der Waals surface area (Å²) in [5.74, 6) is 0.142. The molecule has 0 radical (unpaired) electrons. The van der Waals surface area contributed by atoms with Crippen molar-refractivity contribution in [3.63, 3.8) is 0 Å². The first-order chi connectivity index (χ1) is 8.20. The van der Waals surface area contributed by atoms with Crippen molar-refractivity contribution in [3.8, 4) is 0 Å². The number of thiophene rings is 1.